The zero-order chi connectivity index (χ0) is 29.1. The Morgan fingerprint density at radius 1 is 1.00 bits per heavy atom. The summed E-state index contributed by atoms with van der Waals surface area (Å²) in [6, 6.07) is 7.58. The summed E-state index contributed by atoms with van der Waals surface area (Å²) in [7, 11) is 5.89. The Balaban J connectivity index is 1.28. The molecule has 0 aliphatic carbocycles. The first-order valence-electron chi connectivity index (χ1n) is 15.8. The fourth-order valence-electron chi connectivity index (χ4n) is 6.76. The van der Waals surface area contributed by atoms with Gasteiger partial charge in [0.1, 0.15) is 22.6 Å². The van der Waals surface area contributed by atoms with Gasteiger partial charge in [0.25, 0.3) is 0 Å². The second-order valence-electron chi connectivity index (χ2n) is 12.0. The first-order valence-corrected chi connectivity index (χ1v) is 15.8. The van der Waals surface area contributed by atoms with Crippen LogP contribution >= 0.6 is 0 Å². The van der Waals surface area contributed by atoms with Gasteiger partial charge in [-0.15, -0.1) is 0 Å². The fraction of sp³-hybridized carbons (Fsp3) is 0.594. The van der Waals surface area contributed by atoms with Crippen LogP contribution in [-0.4, -0.2) is 110 Å². The van der Waals surface area contributed by atoms with Crippen molar-refractivity contribution in [1.29, 1.82) is 0 Å². The fourth-order valence-corrected chi connectivity index (χ4v) is 6.76. The summed E-state index contributed by atoms with van der Waals surface area (Å²) in [4.78, 5) is 22.7. The summed E-state index contributed by atoms with van der Waals surface area (Å²) in [6.45, 7) is 11.0. The number of piperazine rings is 1. The molecule has 226 valence electrons. The maximum Gasteiger partial charge on any atom is 0.153 e. The lowest BCUT2D eigenvalue weighted by Gasteiger charge is -2.42. The van der Waals surface area contributed by atoms with Crippen LogP contribution in [-0.2, 0) is 6.42 Å². The number of anilines is 3. The van der Waals surface area contributed by atoms with E-state index in [9.17, 15) is 0 Å². The Labute approximate surface area is 250 Å². The van der Waals surface area contributed by atoms with E-state index in [1.807, 2.05) is 13.2 Å². The molecule has 3 aromatic rings. The predicted molar refractivity (Wildman–Crippen MR) is 172 cm³/mol. The van der Waals surface area contributed by atoms with Crippen LogP contribution in [0.4, 0.5) is 17.3 Å². The number of hydrogen-bond acceptors (Lipinski definition) is 10. The van der Waals surface area contributed by atoms with Crippen molar-refractivity contribution in [3.05, 3.63) is 30.1 Å². The van der Waals surface area contributed by atoms with Crippen molar-refractivity contribution >= 4 is 28.4 Å². The van der Waals surface area contributed by atoms with Crippen LogP contribution in [0.5, 0.6) is 5.75 Å². The van der Waals surface area contributed by atoms with Crippen LogP contribution in [0.3, 0.4) is 0 Å². The summed E-state index contributed by atoms with van der Waals surface area (Å²) in [6.07, 6.45) is 7.39. The van der Waals surface area contributed by atoms with Gasteiger partial charge in [-0.1, -0.05) is 13.0 Å². The lowest BCUT2D eigenvalue weighted by atomic mass is 10.00. The van der Waals surface area contributed by atoms with Crippen molar-refractivity contribution in [2.45, 2.75) is 51.1 Å². The zero-order valence-corrected chi connectivity index (χ0v) is 25.7. The van der Waals surface area contributed by atoms with Gasteiger partial charge in [-0.05, 0) is 63.4 Å². The topological polar surface area (TPSA) is 93.7 Å². The maximum absolute atomic E-state index is 5.99. The number of nitrogens with one attached hydrogen (secondary N) is 3. The third-order valence-corrected chi connectivity index (χ3v) is 9.33. The number of hydrogen-bond donors (Lipinski definition) is 3. The predicted octanol–water partition coefficient (Wildman–Crippen LogP) is 3.68. The molecule has 3 fully saturated rings. The van der Waals surface area contributed by atoms with Crippen molar-refractivity contribution in [2.24, 2.45) is 0 Å². The van der Waals surface area contributed by atoms with E-state index in [-0.39, 0.29) is 0 Å². The molecule has 3 N–H and O–H groups in total. The lowest BCUT2D eigenvalue weighted by molar-refractivity contribution is 0.0981. The van der Waals surface area contributed by atoms with Gasteiger partial charge in [0.05, 0.1) is 18.5 Å². The molecule has 1 atom stereocenters. The number of piperidine rings is 2. The second-order valence-corrected chi connectivity index (χ2v) is 12.0. The number of nitrogens with zero attached hydrogens (tertiary/aromatic N) is 6. The van der Waals surface area contributed by atoms with Gasteiger partial charge >= 0.3 is 0 Å². The van der Waals surface area contributed by atoms with Crippen LogP contribution in [0.2, 0.25) is 0 Å². The van der Waals surface area contributed by atoms with Crippen molar-refractivity contribution < 1.29 is 4.74 Å². The smallest absolute Gasteiger partial charge is 0.153 e. The minimum absolute atomic E-state index is 0.352. The number of methoxy groups -OCH3 is 1. The van der Waals surface area contributed by atoms with Gasteiger partial charge in [0.15, 0.2) is 5.82 Å². The molecule has 2 aromatic heterocycles. The quantitative estimate of drug-likeness (QED) is 0.371. The molecule has 3 saturated heterocycles. The number of likely N-dealkylation sites (N-methyl/N-ethyl adjacent to an activating group) is 1. The Hall–Kier alpha value is -3.21. The molecule has 0 bridgehead atoms. The molecular formula is C32H47N9O. The van der Waals surface area contributed by atoms with Gasteiger partial charge in [0.2, 0.25) is 0 Å². The molecule has 5 heterocycles. The molecule has 10 heteroatoms. The number of ether oxygens (including phenoxy) is 1. The van der Waals surface area contributed by atoms with Gasteiger partial charge in [-0.25, -0.2) is 15.0 Å². The van der Waals surface area contributed by atoms with Crippen LogP contribution in [0.1, 0.15) is 38.3 Å². The monoisotopic (exact) mass is 573 g/mol. The molecule has 10 nitrogen and oxygen atoms in total. The van der Waals surface area contributed by atoms with Crippen LogP contribution in [0.15, 0.2) is 24.4 Å². The Kier molecular flexibility index (Phi) is 8.92. The molecule has 0 spiro atoms. The van der Waals surface area contributed by atoms with Crippen molar-refractivity contribution in [2.75, 3.05) is 89.1 Å². The molecule has 0 saturated carbocycles. The molecule has 0 amide bonds. The standard InChI is InChI=1S/C32H47N9O/c1-5-26-31(36-23-7-6-12-34-20-23)38-29-25(21-35-32(33-2)30(29)37-26)22-8-9-27(28(19-22)42-4)41-13-10-24(11-14-41)40-17-15-39(3)16-18-40/h8-9,19,21,23-24,34H,5-7,10-18,20H2,1-4H3,(H,33,35)(H,36,38). The largest absolute Gasteiger partial charge is 0.495 e. The average Bonchev–Trinajstić information content (AvgIpc) is 3.04. The summed E-state index contributed by atoms with van der Waals surface area (Å²) in [5, 5.41) is 10.4. The van der Waals surface area contributed by atoms with E-state index in [1.165, 1.54) is 45.4 Å². The van der Waals surface area contributed by atoms with Crippen LogP contribution in [0, 0.1) is 0 Å². The molecule has 1 aromatic carbocycles. The van der Waals surface area contributed by atoms with E-state index in [0.717, 1.165) is 89.9 Å². The van der Waals surface area contributed by atoms with E-state index < -0.39 is 0 Å². The SMILES string of the molecule is CCc1nc2c(NC)ncc(-c3ccc(N4CCC(N5CCN(C)CC5)CC4)c(OC)c3)c2nc1NC1CCCNC1. The van der Waals surface area contributed by atoms with Gasteiger partial charge in [-0.2, -0.15) is 0 Å². The molecule has 3 aliphatic heterocycles. The molecular weight excluding hydrogens is 526 g/mol. The van der Waals surface area contributed by atoms with E-state index >= 15 is 0 Å². The average molecular weight is 574 g/mol. The summed E-state index contributed by atoms with van der Waals surface area (Å²) < 4.78 is 5.99. The second kappa shape index (κ2) is 13.0. The normalized spacial score (nSPS) is 21.0. The number of pyridine rings is 1. The van der Waals surface area contributed by atoms with Crippen molar-refractivity contribution in [3.63, 3.8) is 0 Å². The number of fused-ring (bicyclic) bond motifs is 1. The van der Waals surface area contributed by atoms with Gasteiger partial charge < -0.3 is 30.5 Å². The molecule has 6 rings (SSSR count). The number of aromatic nitrogens is 3. The van der Waals surface area contributed by atoms with Crippen LogP contribution < -0.4 is 25.6 Å². The molecule has 0 radical (unpaired) electrons. The van der Waals surface area contributed by atoms with E-state index in [1.54, 1.807) is 7.11 Å². The minimum Gasteiger partial charge on any atom is -0.495 e. The first-order chi connectivity index (χ1) is 20.6. The zero-order valence-electron chi connectivity index (χ0n) is 25.7. The highest BCUT2D eigenvalue weighted by molar-refractivity contribution is 5.98. The Morgan fingerprint density at radius 3 is 2.50 bits per heavy atom. The third-order valence-electron chi connectivity index (χ3n) is 9.33. The highest BCUT2D eigenvalue weighted by atomic mass is 16.5. The minimum atomic E-state index is 0.352. The number of aryl methyl sites for hydroxylation is 1. The summed E-state index contributed by atoms with van der Waals surface area (Å²) in [5.74, 6) is 2.51. The number of benzene rings is 1. The Morgan fingerprint density at radius 2 is 1.81 bits per heavy atom. The molecule has 1 unspecified atom stereocenters. The summed E-state index contributed by atoms with van der Waals surface area (Å²) >= 11 is 0. The van der Waals surface area contributed by atoms with Crippen LogP contribution in [0.25, 0.3) is 22.2 Å². The van der Waals surface area contributed by atoms with Crippen molar-refractivity contribution in [1.82, 2.24) is 30.1 Å². The molecule has 3 aliphatic rings. The highest BCUT2D eigenvalue weighted by Gasteiger charge is 2.28. The molecule has 42 heavy (non-hydrogen) atoms. The Bertz CT molecular complexity index is 1360. The van der Waals surface area contributed by atoms with E-state index in [4.69, 9.17) is 19.7 Å². The van der Waals surface area contributed by atoms with Gasteiger partial charge in [-0.3, -0.25) is 4.90 Å². The first kappa shape index (κ1) is 28.9. The number of rotatable bonds is 8. The maximum atomic E-state index is 5.99. The van der Waals surface area contributed by atoms with E-state index in [0.29, 0.717) is 12.1 Å². The van der Waals surface area contributed by atoms with E-state index in [2.05, 4.69) is 62.8 Å². The summed E-state index contributed by atoms with van der Waals surface area (Å²) in [5.41, 5.74) is 5.77. The highest BCUT2D eigenvalue weighted by Crippen LogP contribution is 2.38. The third kappa shape index (κ3) is 5.98. The lowest BCUT2D eigenvalue weighted by Crippen LogP contribution is -2.52. The van der Waals surface area contributed by atoms with Gasteiger partial charge in [0, 0.05) is 76.7 Å². The van der Waals surface area contributed by atoms with Crippen molar-refractivity contribution in [3.8, 4) is 16.9 Å².